The van der Waals surface area contributed by atoms with Crippen molar-refractivity contribution in [2.75, 3.05) is 20.8 Å². The van der Waals surface area contributed by atoms with E-state index in [-0.39, 0.29) is 35.1 Å². The van der Waals surface area contributed by atoms with Crippen LogP contribution in [0.2, 0.25) is 0 Å². The van der Waals surface area contributed by atoms with Gasteiger partial charge in [0.15, 0.2) is 11.4 Å². The fourth-order valence-corrected chi connectivity index (χ4v) is 3.45. The largest absolute Gasteiger partial charge is 0.464 e. The predicted molar refractivity (Wildman–Crippen MR) is 121 cm³/mol. The second-order valence-corrected chi connectivity index (χ2v) is 8.33. The molecule has 2 atom stereocenters. The van der Waals surface area contributed by atoms with E-state index in [0.29, 0.717) is 19.4 Å². The number of carbonyl (C=O) groups excluding carboxylic acids is 3. The van der Waals surface area contributed by atoms with Crippen LogP contribution in [-0.2, 0) is 20.8 Å². The van der Waals surface area contributed by atoms with E-state index in [4.69, 9.17) is 21.1 Å². The SMILES string of the molecule is CCC(Cl)CC(C)n1cc(C(=O)OCCCCCCn2nnc(C(=O)OC)c2C(=O)OC)nn1. The van der Waals surface area contributed by atoms with Crippen LogP contribution in [0.4, 0.5) is 0 Å². The van der Waals surface area contributed by atoms with Crippen LogP contribution in [0.25, 0.3) is 0 Å². The molecule has 12 nitrogen and oxygen atoms in total. The van der Waals surface area contributed by atoms with Gasteiger partial charge in [-0.3, -0.25) is 0 Å². The van der Waals surface area contributed by atoms with E-state index in [2.05, 4.69) is 25.4 Å². The molecule has 0 aliphatic carbocycles. The average molecular weight is 499 g/mol. The van der Waals surface area contributed by atoms with Crippen molar-refractivity contribution in [3.63, 3.8) is 0 Å². The lowest BCUT2D eigenvalue weighted by molar-refractivity contribution is 0.0489. The summed E-state index contributed by atoms with van der Waals surface area (Å²) in [5.74, 6) is -1.99. The summed E-state index contributed by atoms with van der Waals surface area (Å²) >= 11 is 6.18. The zero-order chi connectivity index (χ0) is 25.1. The molecule has 2 aromatic heterocycles. The quantitative estimate of drug-likeness (QED) is 0.165. The zero-order valence-electron chi connectivity index (χ0n) is 19.9. The Bertz CT molecular complexity index is 961. The highest BCUT2D eigenvalue weighted by Crippen LogP contribution is 2.18. The molecule has 0 radical (unpaired) electrons. The summed E-state index contributed by atoms with van der Waals surface area (Å²) in [5.41, 5.74) is -0.0558. The lowest BCUT2D eigenvalue weighted by Gasteiger charge is -2.13. The number of alkyl halides is 1. The molecule has 0 N–H and O–H groups in total. The summed E-state index contributed by atoms with van der Waals surface area (Å²) < 4.78 is 17.6. The van der Waals surface area contributed by atoms with E-state index in [1.165, 1.54) is 18.9 Å². The van der Waals surface area contributed by atoms with Crippen molar-refractivity contribution in [1.29, 1.82) is 0 Å². The molecule has 188 valence electrons. The number of aromatic nitrogens is 6. The number of hydrogen-bond donors (Lipinski definition) is 0. The van der Waals surface area contributed by atoms with Gasteiger partial charge in [0.25, 0.3) is 0 Å². The summed E-state index contributed by atoms with van der Waals surface area (Å²) in [7, 11) is 2.41. The van der Waals surface area contributed by atoms with Gasteiger partial charge in [0, 0.05) is 11.9 Å². The van der Waals surface area contributed by atoms with Crippen LogP contribution in [-0.4, -0.2) is 74.1 Å². The summed E-state index contributed by atoms with van der Waals surface area (Å²) in [6, 6.07) is 0.0323. The van der Waals surface area contributed by atoms with Gasteiger partial charge in [-0.1, -0.05) is 23.8 Å². The third-order valence-electron chi connectivity index (χ3n) is 5.20. The molecule has 0 amide bonds. The van der Waals surface area contributed by atoms with Gasteiger partial charge in [-0.05, 0) is 39.0 Å². The molecule has 0 aromatic carbocycles. The van der Waals surface area contributed by atoms with E-state index in [1.807, 2.05) is 13.8 Å². The number of halogens is 1. The molecule has 13 heteroatoms. The van der Waals surface area contributed by atoms with Gasteiger partial charge in [-0.2, -0.15) is 0 Å². The maximum Gasteiger partial charge on any atom is 0.361 e. The minimum atomic E-state index is -0.757. The molecule has 0 saturated carbocycles. The fraction of sp³-hybridized carbons (Fsp3) is 0.667. The van der Waals surface area contributed by atoms with E-state index >= 15 is 0 Å². The molecule has 34 heavy (non-hydrogen) atoms. The number of methoxy groups -OCH3 is 2. The van der Waals surface area contributed by atoms with Crippen molar-refractivity contribution in [1.82, 2.24) is 30.0 Å². The van der Waals surface area contributed by atoms with Crippen molar-refractivity contribution in [2.45, 2.75) is 70.3 Å². The Morgan fingerprint density at radius 1 is 1.00 bits per heavy atom. The molecule has 0 fully saturated rings. The molecular formula is C21H31ClN6O6. The third-order valence-corrected chi connectivity index (χ3v) is 5.69. The number of ether oxygens (including phenoxy) is 3. The lowest BCUT2D eigenvalue weighted by Crippen LogP contribution is -2.16. The number of rotatable bonds is 14. The molecule has 0 spiro atoms. The average Bonchev–Trinajstić information content (AvgIpc) is 3.50. The third kappa shape index (κ3) is 7.51. The lowest BCUT2D eigenvalue weighted by atomic mass is 10.1. The summed E-state index contributed by atoms with van der Waals surface area (Å²) in [6.45, 7) is 4.61. The Labute approximate surface area is 202 Å². The minimum Gasteiger partial charge on any atom is -0.464 e. The highest BCUT2D eigenvalue weighted by atomic mass is 35.5. The van der Waals surface area contributed by atoms with Gasteiger partial charge in [0.2, 0.25) is 5.69 Å². The molecule has 2 heterocycles. The highest BCUT2D eigenvalue weighted by Gasteiger charge is 2.26. The number of esters is 3. The van der Waals surface area contributed by atoms with Crippen LogP contribution in [0.5, 0.6) is 0 Å². The van der Waals surface area contributed by atoms with Gasteiger partial charge in [0.1, 0.15) is 0 Å². The van der Waals surface area contributed by atoms with Crippen LogP contribution in [0.15, 0.2) is 6.20 Å². The first kappa shape index (κ1) is 27.2. The van der Waals surface area contributed by atoms with Crippen molar-refractivity contribution in [3.8, 4) is 0 Å². The maximum atomic E-state index is 12.2. The molecule has 0 aliphatic heterocycles. The van der Waals surface area contributed by atoms with Crippen molar-refractivity contribution in [3.05, 3.63) is 23.3 Å². The number of carbonyl (C=O) groups is 3. The first-order valence-corrected chi connectivity index (χ1v) is 11.6. The number of unbranched alkanes of at least 4 members (excludes halogenated alkanes) is 3. The Hall–Kier alpha value is -3.02. The summed E-state index contributed by atoms with van der Waals surface area (Å²) in [4.78, 5) is 35.9. The van der Waals surface area contributed by atoms with Crippen LogP contribution >= 0.6 is 11.6 Å². The van der Waals surface area contributed by atoms with E-state index in [1.54, 1.807) is 10.9 Å². The van der Waals surface area contributed by atoms with Crippen LogP contribution < -0.4 is 0 Å². The summed E-state index contributed by atoms with van der Waals surface area (Å²) in [6.07, 6.45) is 6.08. The predicted octanol–water partition coefficient (Wildman–Crippen LogP) is 2.83. The van der Waals surface area contributed by atoms with E-state index < -0.39 is 17.9 Å². The smallest absolute Gasteiger partial charge is 0.361 e. The van der Waals surface area contributed by atoms with Gasteiger partial charge in [0.05, 0.1) is 33.1 Å². The molecule has 2 rings (SSSR count). The van der Waals surface area contributed by atoms with Crippen molar-refractivity contribution >= 4 is 29.5 Å². The molecule has 2 aromatic rings. The first-order chi connectivity index (χ1) is 16.3. The Kier molecular flexibility index (Phi) is 10.9. The topological polar surface area (TPSA) is 140 Å². The normalized spacial score (nSPS) is 12.7. The fourth-order valence-electron chi connectivity index (χ4n) is 3.19. The number of hydrogen-bond acceptors (Lipinski definition) is 10. The van der Waals surface area contributed by atoms with Gasteiger partial charge in [-0.15, -0.1) is 21.8 Å². The Morgan fingerprint density at radius 3 is 2.38 bits per heavy atom. The number of nitrogens with zero attached hydrogens (tertiary/aromatic N) is 6. The monoisotopic (exact) mass is 498 g/mol. The van der Waals surface area contributed by atoms with E-state index in [9.17, 15) is 14.4 Å². The van der Waals surface area contributed by atoms with Crippen molar-refractivity contribution < 1.29 is 28.6 Å². The maximum absolute atomic E-state index is 12.2. The molecule has 2 unspecified atom stereocenters. The standard InChI is InChI=1S/C21H31ClN6O6/c1-5-15(22)12-14(2)28-13-16(23-25-28)19(29)34-11-9-7-6-8-10-27-18(21(31)33-4)17(24-26-27)20(30)32-3/h13-15H,5-12H2,1-4H3. The zero-order valence-corrected chi connectivity index (χ0v) is 20.7. The molecule has 0 aliphatic rings. The summed E-state index contributed by atoms with van der Waals surface area (Å²) in [5, 5.41) is 15.5. The van der Waals surface area contributed by atoms with Gasteiger partial charge < -0.3 is 14.2 Å². The number of aryl methyl sites for hydroxylation is 1. The Balaban J connectivity index is 1.72. The van der Waals surface area contributed by atoms with E-state index in [0.717, 1.165) is 25.7 Å². The molecular weight excluding hydrogens is 468 g/mol. The van der Waals surface area contributed by atoms with Gasteiger partial charge >= 0.3 is 17.9 Å². The first-order valence-electron chi connectivity index (χ1n) is 11.1. The Morgan fingerprint density at radius 2 is 1.71 bits per heavy atom. The minimum absolute atomic E-state index is 0.0323. The van der Waals surface area contributed by atoms with Crippen molar-refractivity contribution in [2.24, 2.45) is 0 Å². The molecule has 0 saturated heterocycles. The second-order valence-electron chi connectivity index (χ2n) is 7.72. The second kappa shape index (κ2) is 13.6. The molecule has 0 bridgehead atoms. The highest BCUT2D eigenvalue weighted by molar-refractivity contribution is 6.20. The van der Waals surface area contributed by atoms with Crippen LogP contribution in [0.1, 0.15) is 89.9 Å². The van der Waals surface area contributed by atoms with Crippen LogP contribution in [0, 0.1) is 0 Å². The van der Waals surface area contributed by atoms with Crippen LogP contribution in [0.3, 0.4) is 0 Å². The van der Waals surface area contributed by atoms with Gasteiger partial charge in [-0.25, -0.2) is 23.7 Å².